The van der Waals surface area contributed by atoms with E-state index in [0.717, 1.165) is 17.4 Å². The molecular weight excluding hydrogens is 248 g/mol. The van der Waals surface area contributed by atoms with Gasteiger partial charge in [0.15, 0.2) is 6.29 Å². The highest BCUT2D eigenvalue weighted by Crippen LogP contribution is 2.27. The minimum atomic E-state index is -0.0852. The lowest BCUT2D eigenvalue weighted by Gasteiger charge is -2.18. The number of benzene rings is 1. The highest BCUT2D eigenvalue weighted by molar-refractivity contribution is 6.31. The van der Waals surface area contributed by atoms with Crippen molar-refractivity contribution in [2.45, 2.75) is 26.3 Å². The van der Waals surface area contributed by atoms with Crippen LogP contribution in [0.4, 0.5) is 0 Å². The second-order valence-corrected chi connectivity index (χ2v) is 5.63. The van der Waals surface area contributed by atoms with Gasteiger partial charge >= 0.3 is 0 Å². The van der Waals surface area contributed by atoms with Crippen molar-refractivity contribution < 1.29 is 4.79 Å². The van der Waals surface area contributed by atoms with Crippen molar-refractivity contribution in [1.29, 1.82) is 0 Å². The first-order valence-corrected chi connectivity index (χ1v) is 6.10. The van der Waals surface area contributed by atoms with Gasteiger partial charge in [0.25, 0.3) is 0 Å². The van der Waals surface area contributed by atoms with E-state index in [9.17, 15) is 4.79 Å². The Balaban J connectivity index is 2.52. The molecule has 0 aliphatic rings. The summed E-state index contributed by atoms with van der Waals surface area (Å²) in [4.78, 5) is 11.0. The summed E-state index contributed by atoms with van der Waals surface area (Å²) in [6, 6.07) is 5.22. The maximum absolute atomic E-state index is 11.0. The van der Waals surface area contributed by atoms with Gasteiger partial charge in [-0.3, -0.25) is 9.48 Å². The zero-order valence-corrected chi connectivity index (χ0v) is 11.4. The fourth-order valence-corrected chi connectivity index (χ4v) is 1.88. The Kier molecular flexibility index (Phi) is 3.26. The second kappa shape index (κ2) is 4.58. The minimum Gasteiger partial charge on any atom is -0.298 e. The predicted molar refractivity (Wildman–Crippen MR) is 73.1 cm³/mol. The number of hydrogen-bond donors (Lipinski definition) is 0. The summed E-state index contributed by atoms with van der Waals surface area (Å²) < 4.78 is 1.87. The van der Waals surface area contributed by atoms with E-state index in [-0.39, 0.29) is 5.54 Å². The second-order valence-electron chi connectivity index (χ2n) is 5.19. The Morgan fingerprint density at radius 1 is 1.33 bits per heavy atom. The molecule has 94 valence electrons. The van der Waals surface area contributed by atoms with Gasteiger partial charge in [-0.1, -0.05) is 11.6 Å². The Bertz CT molecular complexity index is 582. The van der Waals surface area contributed by atoms with Crippen LogP contribution in [0, 0.1) is 0 Å². The molecule has 1 heterocycles. The van der Waals surface area contributed by atoms with Crippen molar-refractivity contribution in [3.8, 4) is 11.1 Å². The van der Waals surface area contributed by atoms with Crippen molar-refractivity contribution in [2.75, 3.05) is 0 Å². The molecule has 0 bridgehead atoms. The molecule has 0 unspecified atom stereocenters. The lowest BCUT2D eigenvalue weighted by atomic mass is 10.0. The van der Waals surface area contributed by atoms with Gasteiger partial charge in [0.1, 0.15) is 0 Å². The maximum atomic E-state index is 11.0. The molecule has 1 aromatic carbocycles. The van der Waals surface area contributed by atoms with E-state index in [4.69, 9.17) is 11.6 Å². The van der Waals surface area contributed by atoms with E-state index in [1.54, 1.807) is 24.4 Å². The van der Waals surface area contributed by atoms with E-state index < -0.39 is 0 Å². The van der Waals surface area contributed by atoms with Gasteiger partial charge in [-0.05, 0) is 44.5 Å². The first-order valence-electron chi connectivity index (χ1n) is 5.72. The molecule has 4 heteroatoms. The average molecular weight is 263 g/mol. The largest absolute Gasteiger partial charge is 0.298 e. The number of halogens is 1. The normalized spacial score (nSPS) is 11.6. The van der Waals surface area contributed by atoms with Crippen LogP contribution in [-0.4, -0.2) is 16.1 Å². The molecule has 0 amide bonds. The molecule has 3 nitrogen and oxygen atoms in total. The van der Waals surface area contributed by atoms with E-state index in [1.165, 1.54) is 0 Å². The average Bonchev–Trinajstić information content (AvgIpc) is 2.77. The van der Waals surface area contributed by atoms with Crippen LogP contribution in [0.3, 0.4) is 0 Å². The Morgan fingerprint density at radius 3 is 2.61 bits per heavy atom. The van der Waals surface area contributed by atoms with Gasteiger partial charge in [0.2, 0.25) is 0 Å². The molecule has 0 aliphatic carbocycles. The first kappa shape index (κ1) is 12.8. The number of aldehydes is 1. The predicted octanol–water partition coefficient (Wildman–Crippen LogP) is 3.77. The number of rotatable bonds is 2. The van der Waals surface area contributed by atoms with Gasteiger partial charge in [0, 0.05) is 22.3 Å². The van der Waals surface area contributed by atoms with Crippen molar-refractivity contribution >= 4 is 17.9 Å². The molecule has 0 fully saturated rings. The van der Waals surface area contributed by atoms with Crippen LogP contribution >= 0.6 is 11.6 Å². The number of carbonyl (C=O) groups is 1. The zero-order valence-electron chi connectivity index (χ0n) is 10.6. The van der Waals surface area contributed by atoms with Gasteiger partial charge in [-0.15, -0.1) is 0 Å². The van der Waals surface area contributed by atoms with Crippen molar-refractivity contribution in [3.05, 3.63) is 41.2 Å². The molecule has 1 aromatic heterocycles. The van der Waals surface area contributed by atoms with Crippen molar-refractivity contribution in [3.63, 3.8) is 0 Å². The van der Waals surface area contributed by atoms with Crippen molar-refractivity contribution in [2.24, 2.45) is 0 Å². The Hall–Kier alpha value is -1.61. The molecule has 2 rings (SSSR count). The molecule has 0 atom stereocenters. The molecule has 2 aromatic rings. The SMILES string of the molecule is CC(C)(C)n1cc(-c2cc(Cl)ccc2C=O)cn1. The highest BCUT2D eigenvalue weighted by Gasteiger charge is 2.15. The molecule has 18 heavy (non-hydrogen) atoms. The van der Waals surface area contributed by atoms with Crippen LogP contribution < -0.4 is 0 Å². The molecular formula is C14H15ClN2O. The van der Waals surface area contributed by atoms with Gasteiger partial charge < -0.3 is 0 Å². The third-order valence-electron chi connectivity index (χ3n) is 2.72. The summed E-state index contributed by atoms with van der Waals surface area (Å²) in [5.74, 6) is 0. The smallest absolute Gasteiger partial charge is 0.150 e. The molecule has 0 saturated heterocycles. The Labute approximate surface area is 111 Å². The van der Waals surface area contributed by atoms with E-state index in [2.05, 4.69) is 25.9 Å². The van der Waals surface area contributed by atoms with Gasteiger partial charge in [-0.2, -0.15) is 5.10 Å². The Morgan fingerprint density at radius 2 is 2.06 bits per heavy atom. The quantitative estimate of drug-likeness (QED) is 0.772. The van der Waals surface area contributed by atoms with Gasteiger partial charge in [0.05, 0.1) is 11.7 Å². The topological polar surface area (TPSA) is 34.9 Å². The summed E-state index contributed by atoms with van der Waals surface area (Å²) >= 11 is 5.98. The lowest BCUT2D eigenvalue weighted by molar-refractivity contribution is 0.112. The summed E-state index contributed by atoms with van der Waals surface area (Å²) in [5.41, 5.74) is 2.24. The van der Waals surface area contributed by atoms with Crippen LogP contribution in [0.15, 0.2) is 30.6 Å². The fraction of sp³-hybridized carbons (Fsp3) is 0.286. The van der Waals surface area contributed by atoms with Gasteiger partial charge in [-0.25, -0.2) is 0 Å². The molecule has 0 N–H and O–H groups in total. The lowest BCUT2D eigenvalue weighted by Crippen LogP contribution is -2.21. The van der Waals surface area contributed by atoms with Crippen LogP contribution in [0.2, 0.25) is 5.02 Å². The van der Waals surface area contributed by atoms with Crippen LogP contribution in [0.25, 0.3) is 11.1 Å². The standard InChI is InChI=1S/C14H15ClN2O/c1-14(2,3)17-8-11(7-16-17)13-6-12(15)5-4-10(13)9-18/h4-9H,1-3H3. The first-order chi connectivity index (χ1) is 8.41. The summed E-state index contributed by atoms with van der Waals surface area (Å²) in [6.07, 6.45) is 4.52. The summed E-state index contributed by atoms with van der Waals surface area (Å²) in [6.45, 7) is 6.22. The van der Waals surface area contributed by atoms with E-state index in [1.807, 2.05) is 10.9 Å². The maximum Gasteiger partial charge on any atom is 0.150 e. The number of hydrogen-bond acceptors (Lipinski definition) is 2. The monoisotopic (exact) mass is 262 g/mol. The van der Waals surface area contributed by atoms with E-state index in [0.29, 0.717) is 10.6 Å². The number of aromatic nitrogens is 2. The van der Waals surface area contributed by atoms with Crippen LogP contribution in [0.5, 0.6) is 0 Å². The third kappa shape index (κ3) is 2.46. The van der Waals surface area contributed by atoms with Crippen LogP contribution in [-0.2, 0) is 5.54 Å². The minimum absolute atomic E-state index is 0.0852. The van der Waals surface area contributed by atoms with Crippen molar-refractivity contribution in [1.82, 2.24) is 9.78 Å². The van der Waals surface area contributed by atoms with Crippen LogP contribution in [0.1, 0.15) is 31.1 Å². The fourth-order valence-electron chi connectivity index (χ4n) is 1.71. The van der Waals surface area contributed by atoms with E-state index >= 15 is 0 Å². The summed E-state index contributed by atoms with van der Waals surface area (Å²) in [7, 11) is 0. The third-order valence-corrected chi connectivity index (χ3v) is 2.96. The highest BCUT2D eigenvalue weighted by atomic mass is 35.5. The molecule has 0 spiro atoms. The molecule has 0 saturated carbocycles. The number of nitrogens with zero attached hydrogens (tertiary/aromatic N) is 2. The molecule has 0 aliphatic heterocycles. The number of carbonyl (C=O) groups excluding carboxylic acids is 1. The molecule has 0 radical (unpaired) electrons. The zero-order chi connectivity index (χ0) is 13.3. The summed E-state index contributed by atoms with van der Waals surface area (Å²) in [5, 5.41) is 4.94.